The van der Waals surface area contributed by atoms with Crippen molar-refractivity contribution in [3.05, 3.63) is 94.8 Å². The van der Waals surface area contributed by atoms with E-state index in [9.17, 15) is 9.59 Å². The first-order valence-corrected chi connectivity index (χ1v) is 13.0. The largest absolute Gasteiger partial charge is 0.468 e. The number of amides is 2. The highest BCUT2D eigenvalue weighted by atomic mass is 16.6. The van der Waals surface area contributed by atoms with Crippen molar-refractivity contribution in [1.82, 2.24) is 20.3 Å². The Morgan fingerprint density at radius 3 is 2.46 bits per heavy atom. The Morgan fingerprint density at radius 1 is 1.05 bits per heavy atom. The zero-order valence-corrected chi connectivity index (χ0v) is 22.2. The predicted molar refractivity (Wildman–Crippen MR) is 148 cm³/mol. The highest BCUT2D eigenvalue weighted by Gasteiger charge is 2.21. The third-order valence-electron chi connectivity index (χ3n) is 6.57. The van der Waals surface area contributed by atoms with Crippen LogP contribution < -0.4 is 15.5 Å². The molecule has 0 aliphatic rings. The molecule has 4 aromatic rings. The molecule has 2 amide bonds. The Morgan fingerprint density at radius 2 is 1.79 bits per heavy atom. The van der Waals surface area contributed by atoms with E-state index in [1.807, 2.05) is 73.7 Å². The second-order valence-corrected chi connectivity index (χ2v) is 9.54. The van der Waals surface area contributed by atoms with Gasteiger partial charge in [0.25, 0.3) is 5.91 Å². The molecule has 0 radical (unpaired) electrons. The summed E-state index contributed by atoms with van der Waals surface area (Å²) >= 11 is 0. The molecule has 1 atom stereocenters. The molecule has 1 heterocycles. The molecular formula is C30H34N4O5. The van der Waals surface area contributed by atoms with Gasteiger partial charge in [-0.3, -0.25) is 14.8 Å². The number of carbonyl (C=O) groups excluding carboxylic acids is 2. The van der Waals surface area contributed by atoms with Gasteiger partial charge in [-0.25, -0.2) is 10.5 Å². The van der Waals surface area contributed by atoms with Gasteiger partial charge in [-0.2, -0.15) is 0 Å². The minimum Gasteiger partial charge on any atom is -0.468 e. The van der Waals surface area contributed by atoms with Gasteiger partial charge in [-0.1, -0.05) is 49.4 Å². The number of ether oxygens (including phenoxy) is 1. The fraction of sp³-hybridized carbons (Fsp3) is 0.300. The first kappa shape index (κ1) is 27.8. The number of hydroxylamine groups is 1. The summed E-state index contributed by atoms with van der Waals surface area (Å²) in [6, 6.07) is 20.2. The lowest BCUT2D eigenvalue weighted by Gasteiger charge is -2.18. The summed E-state index contributed by atoms with van der Waals surface area (Å²) < 4.78 is 7.27. The van der Waals surface area contributed by atoms with Crippen molar-refractivity contribution in [2.24, 2.45) is 0 Å². The Labute approximate surface area is 227 Å². The quantitative estimate of drug-likeness (QED) is 0.125. The molecule has 0 unspecified atom stereocenters. The van der Waals surface area contributed by atoms with Crippen LogP contribution in [-0.4, -0.2) is 44.5 Å². The van der Waals surface area contributed by atoms with E-state index in [0.717, 1.165) is 46.4 Å². The zero-order valence-electron chi connectivity index (χ0n) is 22.2. The van der Waals surface area contributed by atoms with Gasteiger partial charge in [0.05, 0.1) is 11.0 Å². The molecule has 4 rings (SSSR count). The summed E-state index contributed by atoms with van der Waals surface area (Å²) in [5, 5.41) is 21.0. The van der Waals surface area contributed by atoms with Gasteiger partial charge in [0.1, 0.15) is 11.6 Å². The number of nitrogens with one attached hydrogen (secondary N) is 2. The van der Waals surface area contributed by atoms with Gasteiger partial charge < -0.3 is 19.7 Å². The number of carbonyl (C=O) groups is 2. The van der Waals surface area contributed by atoms with Crippen LogP contribution in [0.2, 0.25) is 0 Å². The smallest absolute Gasteiger partial charge is 0.251 e. The number of benzene rings is 3. The molecule has 1 aromatic heterocycles. The molecule has 9 nitrogen and oxygen atoms in total. The maximum absolute atomic E-state index is 13.4. The summed E-state index contributed by atoms with van der Waals surface area (Å²) in [5.41, 5.74) is 6.71. The number of hydrogen-bond donors (Lipinski definition) is 4. The SMILES string of the molecule is CCCc1nc2c(C)cc(C(=O)N[C@@H](CC(=O)NO)Cc3ccccc3)cc2n1Cc1ccc(OCO)cc1. The number of aliphatic hydroxyl groups excluding tert-OH is 1. The summed E-state index contributed by atoms with van der Waals surface area (Å²) in [4.78, 5) is 30.3. The van der Waals surface area contributed by atoms with Gasteiger partial charge in [-0.05, 0) is 60.7 Å². The normalized spacial score (nSPS) is 11.8. The van der Waals surface area contributed by atoms with Crippen LogP contribution in [0.3, 0.4) is 0 Å². The first-order valence-electron chi connectivity index (χ1n) is 13.0. The third kappa shape index (κ3) is 7.01. The Balaban J connectivity index is 1.65. The molecule has 4 N–H and O–H groups in total. The zero-order chi connectivity index (χ0) is 27.8. The minimum absolute atomic E-state index is 0.0626. The number of fused-ring (bicyclic) bond motifs is 1. The lowest BCUT2D eigenvalue weighted by Crippen LogP contribution is -2.40. The molecule has 0 spiro atoms. The van der Waals surface area contributed by atoms with Crippen LogP contribution in [0.25, 0.3) is 11.0 Å². The van der Waals surface area contributed by atoms with Gasteiger partial charge in [0, 0.05) is 31.0 Å². The highest BCUT2D eigenvalue weighted by molar-refractivity contribution is 5.98. The van der Waals surface area contributed by atoms with E-state index in [1.54, 1.807) is 5.48 Å². The number of aliphatic hydroxyl groups is 1. The second kappa shape index (κ2) is 13.0. The van der Waals surface area contributed by atoms with Gasteiger partial charge in [0.2, 0.25) is 5.91 Å². The van der Waals surface area contributed by atoms with Crippen molar-refractivity contribution in [3.8, 4) is 5.75 Å². The second-order valence-electron chi connectivity index (χ2n) is 9.54. The number of imidazole rings is 1. The van der Waals surface area contributed by atoms with Crippen molar-refractivity contribution in [3.63, 3.8) is 0 Å². The molecule has 3 aromatic carbocycles. The molecule has 0 aliphatic carbocycles. The molecule has 0 bridgehead atoms. The molecule has 0 saturated heterocycles. The van der Waals surface area contributed by atoms with E-state index in [1.165, 1.54) is 0 Å². The van der Waals surface area contributed by atoms with Crippen molar-refractivity contribution in [2.45, 2.75) is 52.1 Å². The number of aromatic nitrogens is 2. The van der Waals surface area contributed by atoms with Crippen LogP contribution in [-0.2, 0) is 24.2 Å². The maximum Gasteiger partial charge on any atom is 0.251 e. The highest BCUT2D eigenvalue weighted by Crippen LogP contribution is 2.25. The third-order valence-corrected chi connectivity index (χ3v) is 6.57. The monoisotopic (exact) mass is 530 g/mol. The fourth-order valence-corrected chi connectivity index (χ4v) is 4.72. The van der Waals surface area contributed by atoms with Crippen molar-refractivity contribution in [1.29, 1.82) is 0 Å². The van der Waals surface area contributed by atoms with E-state index in [-0.39, 0.29) is 19.1 Å². The molecule has 9 heteroatoms. The topological polar surface area (TPSA) is 126 Å². The predicted octanol–water partition coefficient (Wildman–Crippen LogP) is 3.91. The Kier molecular flexibility index (Phi) is 9.30. The number of rotatable bonds is 12. The van der Waals surface area contributed by atoms with Crippen molar-refractivity contribution < 1.29 is 24.6 Å². The summed E-state index contributed by atoms with van der Waals surface area (Å²) in [7, 11) is 0. The van der Waals surface area contributed by atoms with Crippen LogP contribution >= 0.6 is 0 Å². The number of hydrogen-bond acceptors (Lipinski definition) is 6. The molecule has 204 valence electrons. The molecule has 0 fully saturated rings. The lowest BCUT2D eigenvalue weighted by molar-refractivity contribution is -0.129. The summed E-state index contributed by atoms with van der Waals surface area (Å²) in [6.07, 6.45) is 2.09. The summed E-state index contributed by atoms with van der Waals surface area (Å²) in [6.45, 7) is 4.22. The lowest BCUT2D eigenvalue weighted by atomic mass is 10.0. The van der Waals surface area contributed by atoms with Crippen LogP contribution in [0.5, 0.6) is 5.75 Å². The van der Waals surface area contributed by atoms with E-state index < -0.39 is 11.9 Å². The van der Waals surface area contributed by atoms with E-state index in [4.69, 9.17) is 20.0 Å². The summed E-state index contributed by atoms with van der Waals surface area (Å²) in [5.74, 6) is 0.646. The average molecular weight is 531 g/mol. The standard InChI is InChI=1S/C30H34N4O5/c1-3-7-27-32-29-20(2)14-23(16-26(29)34(27)18-22-10-12-25(13-11-22)39-19-35)30(37)31-24(17-28(36)33-38)15-21-8-5-4-6-9-21/h4-6,8-14,16,24,35,38H,3,7,15,17-19H2,1-2H3,(H,31,37)(H,33,36)/t24-/m1/s1. The van der Waals surface area contributed by atoms with Crippen molar-refractivity contribution in [2.75, 3.05) is 6.79 Å². The minimum atomic E-state index is -0.569. The molecule has 0 aliphatic heterocycles. The van der Waals surface area contributed by atoms with Gasteiger partial charge in [-0.15, -0.1) is 0 Å². The van der Waals surface area contributed by atoms with Crippen LogP contribution in [0.15, 0.2) is 66.7 Å². The Bertz CT molecular complexity index is 1420. The number of nitrogens with zero attached hydrogens (tertiary/aromatic N) is 2. The molecule has 0 saturated carbocycles. The van der Waals surface area contributed by atoms with E-state index in [2.05, 4.69) is 16.8 Å². The maximum atomic E-state index is 13.4. The van der Waals surface area contributed by atoms with Gasteiger partial charge in [0.15, 0.2) is 6.79 Å². The average Bonchev–Trinajstić information content (AvgIpc) is 3.28. The molecular weight excluding hydrogens is 496 g/mol. The van der Waals surface area contributed by atoms with Crippen molar-refractivity contribution >= 4 is 22.8 Å². The van der Waals surface area contributed by atoms with Crippen LogP contribution in [0.1, 0.15) is 52.6 Å². The Hall–Kier alpha value is -4.21. The number of aryl methyl sites for hydroxylation is 2. The van der Waals surface area contributed by atoms with E-state index in [0.29, 0.717) is 24.3 Å². The first-order chi connectivity index (χ1) is 18.9. The fourth-order valence-electron chi connectivity index (χ4n) is 4.72. The van der Waals surface area contributed by atoms with E-state index >= 15 is 0 Å². The molecule has 39 heavy (non-hydrogen) atoms. The van der Waals surface area contributed by atoms with Crippen LogP contribution in [0.4, 0.5) is 0 Å². The van der Waals surface area contributed by atoms with Crippen LogP contribution in [0, 0.1) is 6.92 Å². The van der Waals surface area contributed by atoms with Gasteiger partial charge >= 0.3 is 0 Å².